The van der Waals surface area contributed by atoms with E-state index in [4.69, 9.17) is 10.2 Å². The van der Waals surface area contributed by atoms with Crippen molar-refractivity contribution in [3.05, 3.63) is 94.7 Å². The van der Waals surface area contributed by atoms with Crippen LogP contribution < -0.4 is 5.73 Å². The summed E-state index contributed by atoms with van der Waals surface area (Å²) in [5, 5.41) is 0. The van der Waals surface area contributed by atoms with Crippen LogP contribution in [0, 0.1) is 6.92 Å². The van der Waals surface area contributed by atoms with Gasteiger partial charge in [0.25, 0.3) is 0 Å². The zero-order valence-electron chi connectivity index (χ0n) is 16.8. The summed E-state index contributed by atoms with van der Waals surface area (Å²) in [6, 6.07) is 12.2. The molecule has 0 amide bonds. The number of nitrogens with two attached hydrogens (primary N) is 1. The monoisotopic (exact) mass is 376 g/mol. The van der Waals surface area contributed by atoms with Crippen molar-refractivity contribution in [3.63, 3.8) is 0 Å². The Balaban J connectivity index is 1.92. The van der Waals surface area contributed by atoms with E-state index in [1.54, 1.807) is 31.5 Å². The third-order valence-electron chi connectivity index (χ3n) is 4.12. The number of rotatable bonds is 9. The highest BCUT2D eigenvalue weighted by atomic mass is 16.3. The van der Waals surface area contributed by atoms with Gasteiger partial charge in [-0.1, -0.05) is 37.3 Å². The molecule has 0 radical (unpaired) electrons. The van der Waals surface area contributed by atoms with Gasteiger partial charge in [-0.2, -0.15) is 0 Å². The van der Waals surface area contributed by atoms with Crippen molar-refractivity contribution in [1.82, 2.24) is 0 Å². The molecule has 0 saturated heterocycles. The van der Waals surface area contributed by atoms with Gasteiger partial charge in [0, 0.05) is 37.0 Å². The largest absolute Gasteiger partial charge is 0.466 e. The van der Waals surface area contributed by atoms with Crippen LogP contribution >= 0.6 is 0 Å². The first-order valence-corrected chi connectivity index (χ1v) is 9.46. The molecule has 0 saturated carbocycles. The highest BCUT2D eigenvalue weighted by Crippen LogP contribution is 2.14. The van der Waals surface area contributed by atoms with Gasteiger partial charge in [-0.15, -0.1) is 0 Å². The van der Waals surface area contributed by atoms with Crippen molar-refractivity contribution in [3.8, 4) is 0 Å². The maximum Gasteiger partial charge on any atom is 0.183 e. The van der Waals surface area contributed by atoms with Crippen LogP contribution in [-0.4, -0.2) is 12.0 Å². The molecule has 0 aliphatic carbocycles. The molecule has 0 aliphatic heterocycles. The first-order valence-electron chi connectivity index (χ1n) is 9.46. The number of carbonyl (C=O) groups excluding carboxylic acids is 1. The third-order valence-corrected chi connectivity index (χ3v) is 4.12. The summed E-state index contributed by atoms with van der Waals surface area (Å²) in [5.74, 6) is 1.78. The Morgan fingerprint density at radius 1 is 1.14 bits per heavy atom. The van der Waals surface area contributed by atoms with Crippen LogP contribution in [0.4, 0.5) is 0 Å². The topological polar surface area (TPSA) is 68.6 Å². The van der Waals surface area contributed by atoms with E-state index >= 15 is 0 Å². The second kappa shape index (κ2) is 10.9. The summed E-state index contributed by atoms with van der Waals surface area (Å²) in [6.07, 6.45) is 10.6. The minimum absolute atomic E-state index is 0.0913. The summed E-state index contributed by atoms with van der Waals surface area (Å²) in [5.41, 5.74) is 9.46. The lowest BCUT2D eigenvalue weighted by Crippen LogP contribution is -2.06. The van der Waals surface area contributed by atoms with Gasteiger partial charge in [-0.05, 0) is 55.2 Å². The minimum Gasteiger partial charge on any atom is -0.466 e. The lowest BCUT2D eigenvalue weighted by Gasteiger charge is -2.04. The van der Waals surface area contributed by atoms with Crippen molar-refractivity contribution in [1.29, 1.82) is 0 Å². The molecule has 0 atom stereocenters. The molecule has 2 aromatic rings. The predicted molar refractivity (Wildman–Crippen MR) is 115 cm³/mol. The van der Waals surface area contributed by atoms with Gasteiger partial charge in [-0.3, -0.25) is 9.79 Å². The van der Waals surface area contributed by atoms with Gasteiger partial charge >= 0.3 is 0 Å². The van der Waals surface area contributed by atoms with Crippen LogP contribution in [0.25, 0.3) is 0 Å². The van der Waals surface area contributed by atoms with Gasteiger partial charge in [0.05, 0.1) is 0 Å². The Morgan fingerprint density at radius 3 is 2.50 bits per heavy atom. The summed E-state index contributed by atoms with van der Waals surface area (Å²) < 4.78 is 5.61. The van der Waals surface area contributed by atoms with Crippen LogP contribution in [0.2, 0.25) is 0 Å². The highest BCUT2D eigenvalue weighted by molar-refractivity contribution is 6.04. The fraction of sp³-hybridized carbons (Fsp3) is 0.250. The molecule has 0 bridgehead atoms. The Kier molecular flexibility index (Phi) is 8.22. The van der Waals surface area contributed by atoms with Crippen molar-refractivity contribution in [2.45, 2.75) is 40.0 Å². The number of hydrogen-bond donors (Lipinski definition) is 1. The van der Waals surface area contributed by atoms with Crippen LogP contribution in [0.5, 0.6) is 0 Å². The second-order valence-corrected chi connectivity index (χ2v) is 6.70. The quantitative estimate of drug-likeness (QED) is 0.377. The summed E-state index contributed by atoms with van der Waals surface area (Å²) in [7, 11) is 0. The number of allylic oxidation sites excluding steroid dienone is 5. The zero-order chi connectivity index (χ0) is 20.4. The van der Waals surface area contributed by atoms with Gasteiger partial charge in [0.15, 0.2) is 5.78 Å². The normalized spacial score (nSPS) is 13.0. The number of aryl methyl sites for hydroxylation is 1. The van der Waals surface area contributed by atoms with Gasteiger partial charge < -0.3 is 10.2 Å². The van der Waals surface area contributed by atoms with Crippen LogP contribution in [0.15, 0.2) is 81.5 Å². The molecule has 0 fully saturated rings. The maximum atomic E-state index is 12.2. The molecule has 146 valence electrons. The summed E-state index contributed by atoms with van der Waals surface area (Å²) in [4.78, 5) is 16.3. The average molecular weight is 377 g/mol. The number of nitrogens with zero attached hydrogens (tertiary/aromatic N) is 1. The molecule has 2 N–H and O–H groups in total. The van der Waals surface area contributed by atoms with E-state index in [0.717, 1.165) is 29.9 Å². The third kappa shape index (κ3) is 7.23. The molecular formula is C24H28N2O2. The number of furan rings is 1. The van der Waals surface area contributed by atoms with E-state index in [9.17, 15) is 4.79 Å². The number of aliphatic imine (C=N–C) groups is 1. The molecule has 0 spiro atoms. The molecular weight excluding hydrogens is 348 g/mol. The standard InChI is InChI=1S/C24H28N2O2/c1-4-13-26-14-5-6-18(2)24(27)17-22(25)15-20-8-10-21(11-9-20)16-23-12-7-19(3)28-23/h5-14,17H,4,15-16,25H2,1-3H3/b14-5-,18-6+,22-17-,26-13?. The van der Waals surface area contributed by atoms with Gasteiger partial charge in [0.1, 0.15) is 11.5 Å². The fourth-order valence-electron chi connectivity index (χ4n) is 2.61. The Morgan fingerprint density at radius 2 is 1.86 bits per heavy atom. The van der Waals surface area contributed by atoms with Crippen molar-refractivity contribution in [2.24, 2.45) is 10.7 Å². The average Bonchev–Trinajstić information content (AvgIpc) is 3.07. The molecule has 0 aliphatic rings. The molecule has 1 heterocycles. The van der Waals surface area contributed by atoms with Gasteiger partial charge in [0.2, 0.25) is 0 Å². The summed E-state index contributed by atoms with van der Waals surface area (Å²) in [6.45, 7) is 5.73. The van der Waals surface area contributed by atoms with Crippen LogP contribution in [0.3, 0.4) is 0 Å². The maximum absolute atomic E-state index is 12.2. The van der Waals surface area contributed by atoms with Crippen LogP contribution in [-0.2, 0) is 17.6 Å². The smallest absolute Gasteiger partial charge is 0.183 e. The van der Waals surface area contributed by atoms with E-state index in [1.165, 1.54) is 11.6 Å². The SMILES string of the molecule is CCC=N/C=C\C=C(/C)C(=O)/C=C(\N)Cc1ccc(Cc2ccc(C)o2)cc1. The Bertz CT molecular complexity index is 897. The number of ketones is 1. The molecule has 0 unspecified atom stereocenters. The molecule has 4 nitrogen and oxygen atoms in total. The van der Waals surface area contributed by atoms with E-state index < -0.39 is 0 Å². The lowest BCUT2D eigenvalue weighted by molar-refractivity contribution is -0.111. The molecule has 1 aromatic carbocycles. The van der Waals surface area contributed by atoms with Crippen molar-refractivity contribution >= 4 is 12.0 Å². The van der Waals surface area contributed by atoms with Crippen molar-refractivity contribution < 1.29 is 9.21 Å². The van der Waals surface area contributed by atoms with E-state index in [0.29, 0.717) is 17.7 Å². The molecule has 1 aromatic heterocycles. The first kappa shape index (κ1) is 21.2. The highest BCUT2D eigenvalue weighted by Gasteiger charge is 2.04. The Hall–Kier alpha value is -3.14. The summed E-state index contributed by atoms with van der Waals surface area (Å²) >= 11 is 0. The fourth-order valence-corrected chi connectivity index (χ4v) is 2.61. The van der Waals surface area contributed by atoms with E-state index in [2.05, 4.69) is 17.1 Å². The number of hydrogen-bond acceptors (Lipinski definition) is 4. The lowest BCUT2D eigenvalue weighted by atomic mass is 10.0. The van der Waals surface area contributed by atoms with E-state index in [-0.39, 0.29) is 5.78 Å². The zero-order valence-corrected chi connectivity index (χ0v) is 16.8. The molecule has 4 heteroatoms. The number of benzene rings is 1. The molecule has 2 rings (SSSR count). The second-order valence-electron chi connectivity index (χ2n) is 6.70. The Labute approximate surface area is 167 Å². The van der Waals surface area contributed by atoms with E-state index in [1.807, 2.05) is 38.1 Å². The first-order chi connectivity index (χ1) is 13.5. The van der Waals surface area contributed by atoms with Crippen molar-refractivity contribution in [2.75, 3.05) is 0 Å². The predicted octanol–water partition coefficient (Wildman–Crippen LogP) is 5.07. The minimum atomic E-state index is -0.0913. The van der Waals surface area contributed by atoms with Gasteiger partial charge in [-0.25, -0.2) is 0 Å². The molecule has 28 heavy (non-hydrogen) atoms. The number of carbonyl (C=O) groups is 1. The van der Waals surface area contributed by atoms with Crippen LogP contribution in [0.1, 0.15) is 42.9 Å².